The summed E-state index contributed by atoms with van der Waals surface area (Å²) >= 11 is 3.30. The third-order valence-electron chi connectivity index (χ3n) is 2.57. The number of anilines is 2. The fraction of sp³-hybridized carbons (Fsp3) is 0. The van der Waals surface area contributed by atoms with E-state index in [9.17, 15) is 0 Å². The first-order chi connectivity index (χ1) is 10.3. The first kappa shape index (κ1) is 13.5. The van der Waals surface area contributed by atoms with Crippen molar-refractivity contribution < 1.29 is 4.74 Å². The van der Waals surface area contributed by atoms with Crippen molar-refractivity contribution in [3.05, 3.63) is 65.5 Å². The molecule has 0 fully saturated rings. The second-order valence-electron chi connectivity index (χ2n) is 4.15. The maximum atomic E-state index is 5.68. The number of benzene rings is 1. The Labute approximate surface area is 130 Å². The lowest BCUT2D eigenvalue weighted by Crippen LogP contribution is -1.96. The summed E-state index contributed by atoms with van der Waals surface area (Å²) in [4.78, 5) is 12.5. The third kappa shape index (κ3) is 3.76. The summed E-state index contributed by atoms with van der Waals surface area (Å²) in [5, 5.41) is 3.11. The minimum atomic E-state index is 0.521. The van der Waals surface area contributed by atoms with Crippen molar-refractivity contribution in [1.82, 2.24) is 15.0 Å². The molecule has 0 saturated heterocycles. The number of nitrogens with one attached hydrogen (secondary N) is 1. The minimum Gasteiger partial charge on any atom is -0.439 e. The molecule has 2 aromatic heterocycles. The lowest BCUT2D eigenvalue weighted by atomic mass is 10.3. The summed E-state index contributed by atoms with van der Waals surface area (Å²) in [6.45, 7) is 0. The predicted octanol–water partition coefficient (Wildman–Crippen LogP) is 4.17. The van der Waals surface area contributed by atoms with Gasteiger partial charge in [0.25, 0.3) is 0 Å². The van der Waals surface area contributed by atoms with E-state index in [1.165, 1.54) is 0 Å². The monoisotopic (exact) mass is 342 g/mol. The first-order valence-electron chi connectivity index (χ1n) is 6.23. The molecule has 0 bridgehead atoms. The van der Waals surface area contributed by atoms with Crippen LogP contribution in [-0.4, -0.2) is 15.0 Å². The second-order valence-corrected chi connectivity index (χ2v) is 5.06. The quantitative estimate of drug-likeness (QED) is 0.770. The van der Waals surface area contributed by atoms with E-state index < -0.39 is 0 Å². The van der Waals surface area contributed by atoms with Gasteiger partial charge in [0.2, 0.25) is 11.8 Å². The summed E-state index contributed by atoms with van der Waals surface area (Å²) in [6.07, 6.45) is 5.06. The summed E-state index contributed by atoms with van der Waals surface area (Å²) in [6, 6.07) is 13.0. The van der Waals surface area contributed by atoms with Crippen molar-refractivity contribution in [2.24, 2.45) is 0 Å². The summed E-state index contributed by atoms with van der Waals surface area (Å²) < 4.78 is 6.51. The van der Waals surface area contributed by atoms with Gasteiger partial charge in [-0.3, -0.25) is 0 Å². The van der Waals surface area contributed by atoms with E-state index in [0.29, 0.717) is 17.6 Å². The molecule has 0 aliphatic heterocycles. The molecule has 0 radical (unpaired) electrons. The molecule has 0 aliphatic carbocycles. The molecule has 3 aromatic rings. The van der Waals surface area contributed by atoms with E-state index in [-0.39, 0.29) is 0 Å². The minimum absolute atomic E-state index is 0.521. The van der Waals surface area contributed by atoms with Crippen LogP contribution in [0, 0.1) is 0 Å². The van der Waals surface area contributed by atoms with Gasteiger partial charge in [-0.15, -0.1) is 0 Å². The van der Waals surface area contributed by atoms with Crippen LogP contribution in [0.4, 0.5) is 11.6 Å². The van der Waals surface area contributed by atoms with Crippen LogP contribution in [-0.2, 0) is 0 Å². The SMILES string of the molecule is Brc1cnc(Nc2cccc(Oc3ccccn3)c2)nc1. The van der Waals surface area contributed by atoms with Crippen LogP contribution in [0.1, 0.15) is 0 Å². The Bertz CT molecular complexity index is 719. The molecule has 1 N–H and O–H groups in total. The van der Waals surface area contributed by atoms with Gasteiger partial charge < -0.3 is 10.1 Å². The average molecular weight is 343 g/mol. The van der Waals surface area contributed by atoms with Crippen LogP contribution in [0.25, 0.3) is 0 Å². The first-order valence-corrected chi connectivity index (χ1v) is 7.02. The standard InChI is InChI=1S/C15H11BrN4O/c16-11-9-18-15(19-10-11)20-12-4-3-5-13(8-12)21-14-6-1-2-7-17-14/h1-10H,(H,18,19,20). The van der Waals surface area contributed by atoms with Crippen molar-refractivity contribution in [3.8, 4) is 11.6 Å². The zero-order chi connectivity index (χ0) is 14.5. The highest BCUT2D eigenvalue weighted by Gasteiger charge is 2.01. The topological polar surface area (TPSA) is 59.9 Å². The number of aromatic nitrogens is 3. The van der Waals surface area contributed by atoms with Gasteiger partial charge in [0.05, 0.1) is 4.47 Å². The number of nitrogens with zero attached hydrogens (tertiary/aromatic N) is 3. The Kier molecular flexibility index (Phi) is 4.07. The van der Waals surface area contributed by atoms with Crippen molar-refractivity contribution in [1.29, 1.82) is 0 Å². The molecular formula is C15H11BrN4O. The molecule has 0 amide bonds. The molecule has 3 rings (SSSR count). The lowest BCUT2D eigenvalue weighted by Gasteiger charge is -2.08. The van der Waals surface area contributed by atoms with Gasteiger partial charge in [-0.05, 0) is 34.1 Å². The number of hydrogen-bond donors (Lipinski definition) is 1. The smallest absolute Gasteiger partial charge is 0.227 e. The van der Waals surface area contributed by atoms with Crippen LogP contribution >= 0.6 is 15.9 Å². The van der Waals surface area contributed by atoms with Crippen molar-refractivity contribution in [2.45, 2.75) is 0 Å². The zero-order valence-corrected chi connectivity index (χ0v) is 12.5. The molecule has 5 nitrogen and oxygen atoms in total. The molecule has 0 unspecified atom stereocenters. The van der Waals surface area contributed by atoms with Crippen LogP contribution in [0.2, 0.25) is 0 Å². The van der Waals surface area contributed by atoms with E-state index in [1.54, 1.807) is 24.7 Å². The van der Waals surface area contributed by atoms with E-state index in [1.807, 2.05) is 36.4 Å². The van der Waals surface area contributed by atoms with Crippen LogP contribution in [0.15, 0.2) is 65.5 Å². The molecule has 0 atom stereocenters. The van der Waals surface area contributed by atoms with Crippen molar-refractivity contribution in [2.75, 3.05) is 5.32 Å². The molecule has 21 heavy (non-hydrogen) atoms. The molecule has 6 heteroatoms. The highest BCUT2D eigenvalue weighted by atomic mass is 79.9. The number of pyridine rings is 1. The van der Waals surface area contributed by atoms with Gasteiger partial charge in [-0.1, -0.05) is 12.1 Å². The molecule has 0 aliphatic rings. The highest BCUT2D eigenvalue weighted by Crippen LogP contribution is 2.23. The molecule has 1 aromatic carbocycles. The van der Waals surface area contributed by atoms with E-state index in [0.717, 1.165) is 10.2 Å². The maximum absolute atomic E-state index is 5.68. The Morgan fingerprint density at radius 1 is 0.952 bits per heavy atom. The molecule has 104 valence electrons. The van der Waals surface area contributed by atoms with Gasteiger partial charge in [-0.25, -0.2) is 15.0 Å². The second kappa shape index (κ2) is 6.32. The van der Waals surface area contributed by atoms with Crippen molar-refractivity contribution in [3.63, 3.8) is 0 Å². The Balaban J connectivity index is 1.75. The Hall–Kier alpha value is -2.47. The van der Waals surface area contributed by atoms with E-state index in [2.05, 4.69) is 36.2 Å². The molecule has 0 spiro atoms. The molecular weight excluding hydrogens is 332 g/mol. The molecule has 0 saturated carbocycles. The van der Waals surface area contributed by atoms with Gasteiger partial charge in [-0.2, -0.15) is 0 Å². The van der Waals surface area contributed by atoms with Gasteiger partial charge >= 0.3 is 0 Å². The van der Waals surface area contributed by atoms with E-state index >= 15 is 0 Å². The number of ether oxygens (including phenoxy) is 1. The number of rotatable bonds is 4. The summed E-state index contributed by atoms with van der Waals surface area (Å²) in [5.41, 5.74) is 0.839. The Morgan fingerprint density at radius 2 is 1.81 bits per heavy atom. The van der Waals surface area contributed by atoms with Crippen molar-refractivity contribution >= 4 is 27.6 Å². The predicted molar refractivity (Wildman–Crippen MR) is 83.8 cm³/mol. The lowest BCUT2D eigenvalue weighted by molar-refractivity contribution is 0.463. The maximum Gasteiger partial charge on any atom is 0.227 e. The van der Waals surface area contributed by atoms with Gasteiger partial charge in [0.15, 0.2) is 0 Å². The van der Waals surface area contributed by atoms with Crippen LogP contribution < -0.4 is 10.1 Å². The average Bonchev–Trinajstić information content (AvgIpc) is 2.51. The fourth-order valence-electron chi connectivity index (χ4n) is 1.67. The highest BCUT2D eigenvalue weighted by molar-refractivity contribution is 9.10. The number of halogens is 1. The summed E-state index contributed by atoms with van der Waals surface area (Å²) in [5.74, 6) is 1.76. The third-order valence-corrected chi connectivity index (χ3v) is 2.98. The van der Waals surface area contributed by atoms with Crippen LogP contribution in [0.3, 0.4) is 0 Å². The largest absolute Gasteiger partial charge is 0.439 e. The Morgan fingerprint density at radius 3 is 2.57 bits per heavy atom. The normalized spacial score (nSPS) is 10.1. The van der Waals surface area contributed by atoms with Gasteiger partial charge in [0, 0.05) is 36.4 Å². The zero-order valence-electron chi connectivity index (χ0n) is 10.9. The molecule has 2 heterocycles. The van der Waals surface area contributed by atoms with Gasteiger partial charge in [0.1, 0.15) is 5.75 Å². The fourth-order valence-corrected chi connectivity index (χ4v) is 1.88. The van der Waals surface area contributed by atoms with Crippen LogP contribution in [0.5, 0.6) is 11.6 Å². The summed E-state index contributed by atoms with van der Waals surface area (Å²) in [7, 11) is 0. The number of hydrogen-bond acceptors (Lipinski definition) is 5. The van der Waals surface area contributed by atoms with E-state index in [4.69, 9.17) is 4.74 Å².